The van der Waals surface area contributed by atoms with Gasteiger partial charge in [-0.05, 0) is 220 Å². The molecule has 8 bridgehead atoms. The van der Waals surface area contributed by atoms with Crippen LogP contribution in [0.4, 0.5) is 0 Å². The Balaban J connectivity index is 1.41. The van der Waals surface area contributed by atoms with E-state index in [-0.39, 0.29) is 0 Å². The van der Waals surface area contributed by atoms with Crippen molar-refractivity contribution in [2.75, 3.05) is 0 Å². The Morgan fingerprint density at radius 3 is 0.928 bits per heavy atom. The molecular weight excluding hydrogens is 868 g/mol. The predicted octanol–water partition coefficient (Wildman–Crippen LogP) is 11.5. The maximum absolute atomic E-state index is 14.8. The smallest absolute Gasteiger partial charge is 0.354 e. The van der Waals surface area contributed by atoms with Crippen LogP contribution in [-0.2, 0) is 13.6 Å². The highest BCUT2D eigenvalue weighted by Gasteiger charge is 2.37. The van der Waals surface area contributed by atoms with Crippen molar-refractivity contribution in [1.82, 2.24) is 19.9 Å². The predicted molar refractivity (Wildman–Crippen MR) is 285 cm³/mol. The first-order chi connectivity index (χ1) is 32.5. The lowest BCUT2D eigenvalue weighted by molar-refractivity contribution is 0.0548. The van der Waals surface area contributed by atoms with Gasteiger partial charge < -0.3 is 19.9 Å². The van der Waals surface area contributed by atoms with E-state index in [4.69, 9.17) is 9.05 Å². The van der Waals surface area contributed by atoms with Crippen LogP contribution in [0.3, 0.4) is 0 Å². The summed E-state index contributed by atoms with van der Waals surface area (Å²) in [6.45, 7) is 31.2. The number of fused-ring (bicyclic) bond motifs is 8. The van der Waals surface area contributed by atoms with Crippen LogP contribution < -0.4 is 26.7 Å². The van der Waals surface area contributed by atoms with Gasteiger partial charge in [-0.15, -0.1) is 0 Å². The molecule has 0 saturated carbocycles. The van der Waals surface area contributed by atoms with Crippen molar-refractivity contribution in [2.24, 2.45) is 0 Å². The lowest BCUT2D eigenvalue weighted by Crippen LogP contribution is -2.28. The van der Waals surface area contributed by atoms with E-state index >= 15 is 0 Å². The zero-order chi connectivity index (χ0) is 49.5. The summed E-state index contributed by atoms with van der Waals surface area (Å²) >= 11 is 0. The van der Waals surface area contributed by atoms with Crippen LogP contribution >= 0.6 is 7.60 Å². The summed E-state index contributed by atoms with van der Waals surface area (Å²) in [5.41, 5.74) is 22.2. The molecule has 4 N–H and O–H groups in total. The maximum Gasteiger partial charge on any atom is 0.362 e. The molecular formula is C61H67N4O3P. The molecule has 0 atom stereocenters. The van der Waals surface area contributed by atoms with Crippen LogP contribution in [0.25, 0.3) is 22.3 Å². The Morgan fingerprint density at radius 1 is 0.362 bits per heavy atom. The summed E-state index contributed by atoms with van der Waals surface area (Å²) in [6, 6.07) is 39.3. The van der Waals surface area contributed by atoms with Gasteiger partial charge >= 0.3 is 7.60 Å². The van der Waals surface area contributed by atoms with Crippen molar-refractivity contribution in [2.45, 2.75) is 115 Å². The second kappa shape index (κ2) is 17.5. The van der Waals surface area contributed by atoms with Gasteiger partial charge in [0.15, 0.2) is 0 Å². The number of nitrogens with one attached hydrogen (secondary N) is 4. The van der Waals surface area contributed by atoms with Crippen molar-refractivity contribution in [1.29, 1.82) is 0 Å². The van der Waals surface area contributed by atoms with Crippen LogP contribution in [0.1, 0.15) is 137 Å². The Kier molecular flexibility index (Phi) is 12.1. The van der Waals surface area contributed by atoms with Gasteiger partial charge in [0, 0.05) is 66.5 Å². The number of hydrogen-bond acceptors (Lipinski definition) is 3. The molecule has 0 unspecified atom stereocenters. The van der Waals surface area contributed by atoms with Gasteiger partial charge in [-0.2, -0.15) is 0 Å². The summed E-state index contributed by atoms with van der Waals surface area (Å²) in [6.07, 6.45) is 0. The molecule has 0 radical (unpaired) electrons. The van der Waals surface area contributed by atoms with E-state index in [0.29, 0.717) is 5.30 Å². The first kappa shape index (κ1) is 47.7. The number of H-pyrrole nitrogens is 4. The fourth-order valence-corrected chi connectivity index (χ4v) is 13.0. The SMILES string of the molecule is Cc1cc(C)c(C2=c3ccc([nH]3)=C(c3ccc(P(=O)(OC(C)(C)C)OC(C)(C)C)cc3)c3ccc([nH]3)C(c3c(C)cc(C)cc3C)=c3ccc([nH]3)=C(c3c(C)cc(C)cc3C)c3ccc2[nH]3)c(C)c1. The van der Waals surface area contributed by atoms with Crippen molar-refractivity contribution >= 4 is 35.2 Å². The quantitative estimate of drug-likeness (QED) is 0.120. The molecule has 4 aromatic heterocycles. The van der Waals surface area contributed by atoms with Gasteiger partial charge in [0.1, 0.15) is 0 Å². The molecule has 354 valence electrons. The molecule has 0 fully saturated rings. The van der Waals surface area contributed by atoms with Crippen LogP contribution in [-0.4, -0.2) is 31.1 Å². The molecule has 7 nitrogen and oxygen atoms in total. The summed E-state index contributed by atoms with van der Waals surface area (Å²) < 4.78 is 27.3. The van der Waals surface area contributed by atoms with E-state index in [1.54, 1.807) is 0 Å². The minimum absolute atomic E-state index is 0.503. The molecule has 5 heterocycles. The molecule has 8 heteroatoms. The second-order valence-corrected chi connectivity index (χ2v) is 23.3. The van der Waals surface area contributed by atoms with Crippen molar-refractivity contribution in [3.8, 4) is 0 Å². The second-order valence-electron chi connectivity index (χ2n) is 21.4. The van der Waals surface area contributed by atoms with Gasteiger partial charge in [-0.25, -0.2) is 0 Å². The molecule has 9 rings (SSSR count). The zero-order valence-corrected chi connectivity index (χ0v) is 44.0. The number of hydrogen-bond donors (Lipinski definition) is 4. The average molecular weight is 935 g/mol. The lowest BCUT2D eigenvalue weighted by Gasteiger charge is -2.32. The highest BCUT2D eigenvalue weighted by Crippen LogP contribution is 2.53. The van der Waals surface area contributed by atoms with Crippen LogP contribution in [0.2, 0.25) is 0 Å². The van der Waals surface area contributed by atoms with E-state index in [0.717, 1.165) is 72.0 Å². The van der Waals surface area contributed by atoms with Crippen LogP contribution in [0.15, 0.2) is 109 Å². The summed E-state index contributed by atoms with van der Waals surface area (Å²) in [5, 5.41) is 4.44. The van der Waals surface area contributed by atoms with Crippen molar-refractivity contribution < 1.29 is 13.6 Å². The van der Waals surface area contributed by atoms with E-state index in [2.05, 4.69) is 167 Å². The summed E-state index contributed by atoms with van der Waals surface area (Å²) in [5.74, 6) is 0. The van der Waals surface area contributed by atoms with Crippen molar-refractivity contribution in [3.05, 3.63) is 226 Å². The third kappa shape index (κ3) is 9.28. The maximum atomic E-state index is 14.8. The monoisotopic (exact) mass is 934 g/mol. The van der Waals surface area contributed by atoms with E-state index in [1.807, 2.05) is 65.8 Å². The molecule has 69 heavy (non-hydrogen) atoms. The fraction of sp³-hybridized carbons (Fsp3) is 0.279. The minimum atomic E-state index is -3.75. The number of aromatic nitrogens is 4. The van der Waals surface area contributed by atoms with Gasteiger partial charge in [0.05, 0.1) is 16.5 Å². The third-order valence-electron chi connectivity index (χ3n) is 12.9. The molecule has 0 spiro atoms. The Bertz CT molecular complexity index is 3560. The van der Waals surface area contributed by atoms with Gasteiger partial charge in [0.2, 0.25) is 0 Å². The molecule has 0 aliphatic carbocycles. The normalized spacial score (nSPS) is 13.5. The number of rotatable bonds is 7. The average Bonchev–Trinajstić information content (AvgIpc) is 4.07. The van der Waals surface area contributed by atoms with E-state index < -0.39 is 18.8 Å². The van der Waals surface area contributed by atoms with Crippen molar-refractivity contribution in [3.63, 3.8) is 0 Å². The molecule has 4 aromatic carbocycles. The molecule has 1 aliphatic heterocycles. The molecule has 0 amide bonds. The van der Waals surface area contributed by atoms with Gasteiger partial charge in [-0.3, -0.25) is 13.6 Å². The van der Waals surface area contributed by atoms with Gasteiger partial charge in [0.25, 0.3) is 0 Å². The third-order valence-corrected chi connectivity index (χ3v) is 15.4. The van der Waals surface area contributed by atoms with Crippen LogP contribution in [0.5, 0.6) is 0 Å². The van der Waals surface area contributed by atoms with E-state index in [1.165, 1.54) is 66.8 Å². The Morgan fingerprint density at radius 2 is 0.638 bits per heavy atom. The molecule has 8 aromatic rings. The number of benzene rings is 4. The standard InChI is InChI=1S/C61H67N4O3P/c1-34-28-37(4)53(38(5)29-34)57-47-22-20-45(62-47)56(43-16-18-44(19-17-43)69(66,67-60(10,11)12)68-61(13,14)15)46-21-23-48(63-46)58(54-39(6)30-35(2)31-40(54)7)50-25-27-52(65-50)59(51-26-24-49(57)64-51)55-41(8)32-36(3)33-42(55)9/h16-33,62-65H,1-15H3. The molecule has 0 saturated heterocycles. The number of aryl methyl sites for hydroxylation is 9. The first-order valence-corrected chi connectivity index (χ1v) is 25.7. The number of aromatic amines is 4. The summed E-state index contributed by atoms with van der Waals surface area (Å²) in [7, 11) is -3.75. The minimum Gasteiger partial charge on any atom is -0.354 e. The summed E-state index contributed by atoms with van der Waals surface area (Å²) in [4.78, 5) is 15.9. The fourth-order valence-electron chi connectivity index (χ4n) is 10.8. The molecule has 1 aliphatic rings. The van der Waals surface area contributed by atoms with Crippen LogP contribution in [0, 0.1) is 62.3 Å². The largest absolute Gasteiger partial charge is 0.362 e. The first-order valence-electron chi connectivity index (χ1n) is 24.1. The van der Waals surface area contributed by atoms with Gasteiger partial charge in [-0.1, -0.05) is 65.2 Å². The topological polar surface area (TPSA) is 98.7 Å². The highest BCUT2D eigenvalue weighted by atomic mass is 31.2. The highest BCUT2D eigenvalue weighted by molar-refractivity contribution is 7.62. The lowest BCUT2D eigenvalue weighted by atomic mass is 9.91. The zero-order valence-electron chi connectivity index (χ0n) is 43.1. The Hall–Kier alpha value is -6.37. The Labute approximate surface area is 407 Å². The van der Waals surface area contributed by atoms with E-state index in [9.17, 15) is 4.57 Å².